The Labute approximate surface area is 130 Å². The molecule has 0 saturated heterocycles. The second-order valence-corrected chi connectivity index (χ2v) is 6.46. The van der Waals surface area contributed by atoms with Crippen molar-refractivity contribution in [2.75, 3.05) is 0 Å². The molecule has 0 N–H and O–H groups in total. The average molecular weight is 294 g/mol. The zero-order chi connectivity index (χ0) is 14.8. The molecule has 3 aromatic rings. The largest absolute Gasteiger partial charge is 0.347 e. The summed E-state index contributed by atoms with van der Waals surface area (Å²) in [6.07, 6.45) is 11.5. The predicted molar refractivity (Wildman–Crippen MR) is 87.4 cm³/mol. The Balaban J connectivity index is 1.59. The van der Waals surface area contributed by atoms with Crippen LogP contribution in [0.5, 0.6) is 0 Å². The van der Waals surface area contributed by atoms with Gasteiger partial charge in [-0.1, -0.05) is 49.1 Å². The summed E-state index contributed by atoms with van der Waals surface area (Å²) in [7, 11) is 0. The van der Waals surface area contributed by atoms with Crippen LogP contribution in [-0.4, -0.2) is 19.6 Å². The van der Waals surface area contributed by atoms with Crippen molar-refractivity contribution in [1.29, 1.82) is 0 Å². The number of aromatic nitrogens is 4. The van der Waals surface area contributed by atoms with Crippen LogP contribution in [0.15, 0.2) is 48.9 Å². The van der Waals surface area contributed by atoms with Crippen molar-refractivity contribution in [1.82, 2.24) is 19.6 Å². The third-order valence-corrected chi connectivity index (χ3v) is 5.07. The Kier molecular flexibility index (Phi) is 3.67. The van der Waals surface area contributed by atoms with Crippen molar-refractivity contribution >= 4 is 10.9 Å². The molecule has 2 heterocycles. The summed E-state index contributed by atoms with van der Waals surface area (Å²) in [5, 5.41) is 9.46. The average Bonchev–Trinajstić information content (AvgIpc) is 3.29. The van der Waals surface area contributed by atoms with Gasteiger partial charge in [-0.3, -0.25) is 4.68 Å². The fraction of sp³-hybridized carbons (Fsp3) is 0.444. The first-order valence-electron chi connectivity index (χ1n) is 8.28. The van der Waals surface area contributed by atoms with Crippen LogP contribution in [-0.2, 0) is 13.1 Å². The third kappa shape index (κ3) is 2.65. The van der Waals surface area contributed by atoms with Gasteiger partial charge in [-0.25, -0.2) is 0 Å². The summed E-state index contributed by atoms with van der Waals surface area (Å²) in [5.41, 5.74) is 1.34. The molecular weight excluding hydrogens is 272 g/mol. The molecule has 1 aromatic carbocycles. The standard InChI is InChI=1S/C18H22N4/c1-2-6-15(5-1)17(14-22-12-10-19-20-22)13-21-11-9-16-7-3-4-8-18(16)21/h3-4,7-12,15,17H,1-2,5-6,13-14H2. The van der Waals surface area contributed by atoms with E-state index in [1.165, 1.54) is 36.6 Å². The highest BCUT2D eigenvalue weighted by molar-refractivity contribution is 5.79. The van der Waals surface area contributed by atoms with Crippen molar-refractivity contribution in [3.05, 3.63) is 48.9 Å². The molecule has 0 amide bonds. The Bertz CT molecular complexity index is 722. The highest BCUT2D eigenvalue weighted by atomic mass is 15.4. The van der Waals surface area contributed by atoms with Gasteiger partial charge in [0.2, 0.25) is 0 Å². The number of fused-ring (bicyclic) bond motifs is 1. The first-order chi connectivity index (χ1) is 10.9. The SMILES string of the molecule is c1ccc2c(c1)ccn2CC(Cn1ccnn1)C1CCCC1. The van der Waals surface area contributed by atoms with Crippen LogP contribution in [0.1, 0.15) is 25.7 Å². The lowest BCUT2D eigenvalue weighted by Crippen LogP contribution is -2.24. The van der Waals surface area contributed by atoms with E-state index in [1.54, 1.807) is 6.20 Å². The molecule has 1 unspecified atom stereocenters. The summed E-state index contributed by atoms with van der Waals surface area (Å²) in [4.78, 5) is 0. The summed E-state index contributed by atoms with van der Waals surface area (Å²) in [6, 6.07) is 10.9. The minimum atomic E-state index is 0.625. The highest BCUT2D eigenvalue weighted by Crippen LogP contribution is 2.33. The van der Waals surface area contributed by atoms with Gasteiger partial charge in [0.15, 0.2) is 0 Å². The summed E-state index contributed by atoms with van der Waals surface area (Å²) < 4.78 is 4.41. The topological polar surface area (TPSA) is 35.6 Å². The van der Waals surface area contributed by atoms with E-state index in [-0.39, 0.29) is 0 Å². The van der Waals surface area contributed by atoms with Crippen LogP contribution in [0.4, 0.5) is 0 Å². The third-order valence-electron chi connectivity index (χ3n) is 5.07. The van der Waals surface area contributed by atoms with Crippen molar-refractivity contribution < 1.29 is 0 Å². The minimum Gasteiger partial charge on any atom is -0.347 e. The van der Waals surface area contributed by atoms with Gasteiger partial charge in [-0.05, 0) is 29.4 Å². The van der Waals surface area contributed by atoms with E-state index in [4.69, 9.17) is 0 Å². The zero-order valence-corrected chi connectivity index (χ0v) is 12.8. The van der Waals surface area contributed by atoms with E-state index in [0.717, 1.165) is 19.0 Å². The summed E-state index contributed by atoms with van der Waals surface area (Å²) >= 11 is 0. The minimum absolute atomic E-state index is 0.625. The van der Waals surface area contributed by atoms with E-state index in [2.05, 4.69) is 51.4 Å². The number of hydrogen-bond donors (Lipinski definition) is 0. The molecule has 0 bridgehead atoms. The second-order valence-electron chi connectivity index (χ2n) is 6.46. The fourth-order valence-corrected chi connectivity index (χ4v) is 3.91. The molecule has 1 aliphatic rings. The molecule has 1 aliphatic carbocycles. The molecule has 114 valence electrons. The van der Waals surface area contributed by atoms with Gasteiger partial charge in [0.05, 0.1) is 6.20 Å². The number of benzene rings is 1. The van der Waals surface area contributed by atoms with E-state index in [9.17, 15) is 0 Å². The first kappa shape index (κ1) is 13.6. The van der Waals surface area contributed by atoms with Gasteiger partial charge in [0.1, 0.15) is 0 Å². The van der Waals surface area contributed by atoms with Crippen LogP contribution in [0, 0.1) is 11.8 Å². The van der Waals surface area contributed by atoms with Crippen molar-refractivity contribution in [3.8, 4) is 0 Å². The lowest BCUT2D eigenvalue weighted by Gasteiger charge is -2.24. The van der Waals surface area contributed by atoms with Crippen LogP contribution >= 0.6 is 0 Å². The van der Waals surface area contributed by atoms with Crippen molar-refractivity contribution in [2.45, 2.75) is 38.8 Å². The zero-order valence-electron chi connectivity index (χ0n) is 12.8. The van der Waals surface area contributed by atoms with Gasteiger partial charge in [-0.15, -0.1) is 5.10 Å². The molecule has 1 atom stereocenters. The molecular formula is C18H22N4. The quantitative estimate of drug-likeness (QED) is 0.718. The monoisotopic (exact) mass is 294 g/mol. The molecule has 2 aromatic heterocycles. The van der Waals surface area contributed by atoms with E-state index < -0.39 is 0 Å². The molecule has 0 radical (unpaired) electrons. The van der Waals surface area contributed by atoms with Gasteiger partial charge in [-0.2, -0.15) is 0 Å². The van der Waals surface area contributed by atoms with Gasteiger partial charge in [0, 0.05) is 31.0 Å². The maximum absolute atomic E-state index is 4.18. The van der Waals surface area contributed by atoms with Crippen molar-refractivity contribution in [2.24, 2.45) is 11.8 Å². The normalized spacial score (nSPS) is 17.3. The Morgan fingerprint density at radius 3 is 2.73 bits per heavy atom. The molecule has 4 heteroatoms. The number of hydrogen-bond acceptors (Lipinski definition) is 2. The molecule has 4 nitrogen and oxygen atoms in total. The molecule has 4 rings (SSSR count). The maximum Gasteiger partial charge on any atom is 0.0692 e. The first-order valence-corrected chi connectivity index (χ1v) is 8.28. The Morgan fingerprint density at radius 2 is 1.91 bits per heavy atom. The highest BCUT2D eigenvalue weighted by Gasteiger charge is 2.26. The number of rotatable bonds is 5. The summed E-state index contributed by atoms with van der Waals surface area (Å²) in [5.74, 6) is 1.44. The molecule has 0 spiro atoms. The molecule has 22 heavy (non-hydrogen) atoms. The van der Waals surface area contributed by atoms with Crippen LogP contribution < -0.4 is 0 Å². The molecule has 1 saturated carbocycles. The smallest absolute Gasteiger partial charge is 0.0692 e. The molecule has 1 fully saturated rings. The van der Waals surface area contributed by atoms with E-state index in [1.807, 2.05) is 10.9 Å². The maximum atomic E-state index is 4.18. The Morgan fingerprint density at radius 1 is 1.05 bits per heavy atom. The van der Waals surface area contributed by atoms with Crippen LogP contribution in [0.2, 0.25) is 0 Å². The van der Waals surface area contributed by atoms with E-state index in [0.29, 0.717) is 5.92 Å². The van der Waals surface area contributed by atoms with E-state index >= 15 is 0 Å². The molecule has 0 aliphatic heterocycles. The predicted octanol–water partition coefficient (Wildman–Crippen LogP) is 3.74. The fourth-order valence-electron chi connectivity index (χ4n) is 3.91. The number of para-hydroxylation sites is 1. The lowest BCUT2D eigenvalue weighted by molar-refractivity contribution is 0.255. The number of nitrogens with zero attached hydrogens (tertiary/aromatic N) is 4. The second kappa shape index (κ2) is 5.95. The Hall–Kier alpha value is -2.10. The van der Waals surface area contributed by atoms with Crippen LogP contribution in [0.25, 0.3) is 10.9 Å². The van der Waals surface area contributed by atoms with Gasteiger partial charge < -0.3 is 4.57 Å². The van der Waals surface area contributed by atoms with Gasteiger partial charge >= 0.3 is 0 Å². The van der Waals surface area contributed by atoms with Crippen LogP contribution in [0.3, 0.4) is 0 Å². The summed E-state index contributed by atoms with van der Waals surface area (Å²) in [6.45, 7) is 2.04. The van der Waals surface area contributed by atoms with Gasteiger partial charge in [0.25, 0.3) is 0 Å². The van der Waals surface area contributed by atoms with Crippen molar-refractivity contribution in [3.63, 3.8) is 0 Å². The lowest BCUT2D eigenvalue weighted by atomic mass is 9.90.